The van der Waals surface area contributed by atoms with Gasteiger partial charge in [0.25, 0.3) is 5.91 Å². The number of halogens is 1. The van der Waals surface area contributed by atoms with Gasteiger partial charge >= 0.3 is 0 Å². The van der Waals surface area contributed by atoms with Crippen molar-refractivity contribution in [2.24, 2.45) is 5.10 Å². The quantitative estimate of drug-likeness (QED) is 0.194. The molecular weight excluding hydrogens is 424 g/mol. The number of aromatic nitrogens is 2. The Morgan fingerprint density at radius 3 is 2.62 bits per heavy atom. The zero-order valence-corrected chi connectivity index (χ0v) is 19.1. The lowest BCUT2D eigenvalue weighted by atomic mass is 10.1. The first-order valence-electron chi connectivity index (χ1n) is 11.0. The highest BCUT2D eigenvalue weighted by atomic mass is 35.5. The van der Waals surface area contributed by atoms with E-state index in [4.69, 9.17) is 16.3 Å². The van der Waals surface area contributed by atoms with E-state index in [2.05, 4.69) is 27.6 Å². The van der Waals surface area contributed by atoms with E-state index in [-0.39, 0.29) is 5.91 Å². The molecule has 0 aliphatic rings. The highest BCUT2D eigenvalue weighted by Crippen LogP contribution is 2.21. The summed E-state index contributed by atoms with van der Waals surface area (Å²) in [7, 11) is 0. The Balaban J connectivity index is 1.47. The first-order valence-corrected chi connectivity index (χ1v) is 11.4. The number of ether oxygens (including phenoxy) is 1. The van der Waals surface area contributed by atoms with E-state index in [0.717, 1.165) is 29.9 Å². The Morgan fingerprint density at radius 1 is 1.09 bits per heavy atom. The highest BCUT2D eigenvalue weighted by Gasteiger charge is 2.10. The lowest BCUT2D eigenvalue weighted by Crippen LogP contribution is -2.18. The van der Waals surface area contributed by atoms with Crippen LogP contribution in [0.2, 0.25) is 5.02 Å². The van der Waals surface area contributed by atoms with Crippen molar-refractivity contribution >= 4 is 23.7 Å². The summed E-state index contributed by atoms with van der Waals surface area (Å²) in [6, 6.07) is 16.7. The number of aromatic amines is 1. The normalized spacial score (nSPS) is 11.1. The average molecular weight is 453 g/mol. The van der Waals surface area contributed by atoms with Gasteiger partial charge in [-0.1, -0.05) is 68.8 Å². The van der Waals surface area contributed by atoms with Crippen molar-refractivity contribution in [2.45, 2.75) is 45.4 Å². The summed E-state index contributed by atoms with van der Waals surface area (Å²) in [5.41, 5.74) is 5.08. The van der Waals surface area contributed by atoms with Crippen molar-refractivity contribution in [1.29, 1.82) is 0 Å². The monoisotopic (exact) mass is 452 g/mol. The number of rotatable bonds is 12. The van der Waals surface area contributed by atoms with E-state index < -0.39 is 0 Å². The maximum atomic E-state index is 12.3. The SMILES string of the molecule is CCCCCCCCOc1ccc(-c2cc(C(=O)NN=Cc3ccccc3Cl)[nH]n2)cc1. The van der Waals surface area contributed by atoms with E-state index >= 15 is 0 Å². The molecule has 2 N–H and O–H groups in total. The molecule has 0 bridgehead atoms. The first-order chi connectivity index (χ1) is 15.7. The van der Waals surface area contributed by atoms with Gasteiger partial charge in [-0.25, -0.2) is 5.43 Å². The molecule has 0 unspecified atom stereocenters. The minimum atomic E-state index is -0.383. The fourth-order valence-electron chi connectivity index (χ4n) is 3.18. The number of unbranched alkanes of at least 4 members (excludes halogenated alkanes) is 5. The van der Waals surface area contributed by atoms with E-state index in [1.165, 1.54) is 38.3 Å². The number of hydrogen-bond acceptors (Lipinski definition) is 4. The summed E-state index contributed by atoms with van der Waals surface area (Å²) in [5.74, 6) is 0.454. The molecule has 0 fully saturated rings. The van der Waals surface area contributed by atoms with Crippen LogP contribution in [-0.2, 0) is 0 Å². The Bertz CT molecular complexity index is 1010. The summed E-state index contributed by atoms with van der Waals surface area (Å²) in [5, 5.41) is 11.5. The van der Waals surface area contributed by atoms with E-state index in [9.17, 15) is 4.79 Å². The average Bonchev–Trinajstić information content (AvgIpc) is 3.31. The lowest BCUT2D eigenvalue weighted by molar-refractivity contribution is 0.0950. The van der Waals surface area contributed by atoms with Crippen LogP contribution in [0.4, 0.5) is 0 Å². The van der Waals surface area contributed by atoms with Crippen molar-refractivity contribution in [1.82, 2.24) is 15.6 Å². The number of hydrogen-bond donors (Lipinski definition) is 2. The number of carbonyl (C=O) groups is 1. The second-order valence-corrected chi connectivity index (χ2v) is 7.94. The lowest BCUT2D eigenvalue weighted by Gasteiger charge is -2.06. The van der Waals surface area contributed by atoms with Crippen molar-refractivity contribution < 1.29 is 9.53 Å². The largest absolute Gasteiger partial charge is 0.494 e. The van der Waals surface area contributed by atoms with Crippen LogP contribution in [0.25, 0.3) is 11.3 Å². The van der Waals surface area contributed by atoms with Gasteiger partial charge in [0.05, 0.1) is 18.5 Å². The zero-order chi connectivity index (χ0) is 22.6. The molecule has 1 amide bonds. The predicted molar refractivity (Wildman–Crippen MR) is 129 cm³/mol. The molecule has 168 valence electrons. The molecular formula is C25H29ClN4O2. The molecule has 2 aromatic carbocycles. The van der Waals surface area contributed by atoms with Gasteiger partial charge in [0, 0.05) is 16.1 Å². The van der Waals surface area contributed by atoms with Gasteiger partial charge in [-0.05, 0) is 42.8 Å². The molecule has 6 nitrogen and oxygen atoms in total. The Hall–Kier alpha value is -3.12. The maximum absolute atomic E-state index is 12.3. The molecule has 0 aliphatic heterocycles. The fourth-order valence-corrected chi connectivity index (χ4v) is 3.37. The number of nitrogens with zero attached hydrogens (tertiary/aromatic N) is 2. The molecule has 0 aliphatic carbocycles. The van der Waals surface area contributed by atoms with Crippen molar-refractivity contribution in [3.63, 3.8) is 0 Å². The topological polar surface area (TPSA) is 79.4 Å². The van der Waals surface area contributed by atoms with Gasteiger partial charge < -0.3 is 4.74 Å². The predicted octanol–water partition coefficient (Wildman–Crippen LogP) is 6.23. The third-order valence-corrected chi connectivity index (χ3v) is 5.36. The minimum Gasteiger partial charge on any atom is -0.494 e. The van der Waals surface area contributed by atoms with Gasteiger partial charge in [-0.15, -0.1) is 0 Å². The molecule has 0 atom stereocenters. The second-order valence-electron chi connectivity index (χ2n) is 7.53. The highest BCUT2D eigenvalue weighted by molar-refractivity contribution is 6.33. The molecule has 0 spiro atoms. The smallest absolute Gasteiger partial charge is 0.289 e. The molecule has 0 saturated carbocycles. The Labute approximate surface area is 194 Å². The molecule has 32 heavy (non-hydrogen) atoms. The third kappa shape index (κ3) is 7.24. The van der Waals surface area contributed by atoms with Gasteiger partial charge in [0.15, 0.2) is 0 Å². The van der Waals surface area contributed by atoms with Gasteiger partial charge in [-0.2, -0.15) is 10.2 Å². The fraction of sp³-hybridized carbons (Fsp3) is 0.320. The Kier molecular flexibility index (Phi) is 9.32. The van der Waals surface area contributed by atoms with Crippen LogP contribution in [-0.4, -0.2) is 28.9 Å². The zero-order valence-electron chi connectivity index (χ0n) is 18.3. The maximum Gasteiger partial charge on any atom is 0.289 e. The number of benzene rings is 2. The summed E-state index contributed by atoms with van der Waals surface area (Å²) in [6.45, 7) is 2.96. The number of carbonyl (C=O) groups excluding carboxylic acids is 1. The molecule has 3 rings (SSSR count). The summed E-state index contributed by atoms with van der Waals surface area (Å²) >= 11 is 6.07. The van der Waals surface area contributed by atoms with Crippen molar-refractivity contribution in [3.05, 3.63) is 70.9 Å². The number of hydrazone groups is 1. The van der Waals surface area contributed by atoms with Crippen molar-refractivity contribution in [2.75, 3.05) is 6.61 Å². The Morgan fingerprint density at radius 2 is 1.84 bits per heavy atom. The van der Waals surface area contributed by atoms with Crippen LogP contribution in [0.15, 0.2) is 59.7 Å². The van der Waals surface area contributed by atoms with E-state index in [0.29, 0.717) is 16.4 Å². The number of nitrogens with one attached hydrogen (secondary N) is 2. The molecule has 1 aromatic heterocycles. The molecule has 0 saturated heterocycles. The van der Waals surface area contributed by atoms with Crippen LogP contribution < -0.4 is 10.2 Å². The van der Waals surface area contributed by atoms with Crippen molar-refractivity contribution in [3.8, 4) is 17.0 Å². The summed E-state index contributed by atoms with van der Waals surface area (Å²) in [4.78, 5) is 12.3. The second kappa shape index (κ2) is 12.7. The van der Waals surface area contributed by atoms with Crippen LogP contribution in [0.3, 0.4) is 0 Å². The molecule has 3 aromatic rings. The standard InChI is InChI=1S/C25H29ClN4O2/c1-2-3-4-5-6-9-16-32-21-14-12-19(13-15-21)23-17-24(29-28-23)25(31)30-27-18-20-10-7-8-11-22(20)26/h7-8,10-15,17-18H,2-6,9,16H2,1H3,(H,28,29)(H,30,31). The number of amides is 1. The van der Waals surface area contributed by atoms with Gasteiger partial charge in [0.1, 0.15) is 11.4 Å². The minimum absolute atomic E-state index is 0.319. The van der Waals surface area contributed by atoms with Gasteiger partial charge in [0.2, 0.25) is 0 Å². The van der Waals surface area contributed by atoms with E-state index in [1.54, 1.807) is 12.1 Å². The van der Waals surface area contributed by atoms with E-state index in [1.807, 2.05) is 42.5 Å². The van der Waals surface area contributed by atoms with Crippen LogP contribution in [0.1, 0.15) is 61.5 Å². The third-order valence-electron chi connectivity index (χ3n) is 5.01. The molecule has 1 heterocycles. The first kappa shape index (κ1) is 23.5. The van der Waals surface area contributed by atoms with Crippen LogP contribution in [0.5, 0.6) is 5.75 Å². The summed E-state index contributed by atoms with van der Waals surface area (Å²) < 4.78 is 5.82. The van der Waals surface area contributed by atoms with Crippen LogP contribution in [0, 0.1) is 0 Å². The molecule has 0 radical (unpaired) electrons. The summed E-state index contributed by atoms with van der Waals surface area (Å²) in [6.07, 6.45) is 8.94. The number of H-pyrrole nitrogens is 1. The van der Waals surface area contributed by atoms with Crippen LogP contribution >= 0.6 is 11.6 Å². The van der Waals surface area contributed by atoms with Gasteiger partial charge in [-0.3, -0.25) is 9.89 Å². The molecule has 7 heteroatoms.